The second kappa shape index (κ2) is 7.09. The van der Waals surface area contributed by atoms with E-state index in [1.807, 2.05) is 6.92 Å². The molecule has 0 atom stereocenters. The summed E-state index contributed by atoms with van der Waals surface area (Å²) in [5, 5.41) is 0. The van der Waals surface area contributed by atoms with E-state index in [1.54, 1.807) is 18.2 Å². The van der Waals surface area contributed by atoms with E-state index in [0.29, 0.717) is 0 Å². The van der Waals surface area contributed by atoms with Crippen molar-refractivity contribution >= 4 is 10.1 Å². The van der Waals surface area contributed by atoms with Crippen molar-refractivity contribution in [3.05, 3.63) is 36.4 Å². The van der Waals surface area contributed by atoms with E-state index in [9.17, 15) is 13.0 Å². The molecule has 0 aliphatic heterocycles. The van der Waals surface area contributed by atoms with Gasteiger partial charge in [-0.15, -0.1) is 0 Å². The van der Waals surface area contributed by atoms with Crippen molar-refractivity contribution < 1.29 is 47.3 Å². The predicted molar refractivity (Wildman–Crippen MR) is 54.7 cm³/mol. The largest absolute Gasteiger partial charge is 1.00 e. The summed E-state index contributed by atoms with van der Waals surface area (Å²) in [5.41, 5.74) is 0. The third-order valence-corrected chi connectivity index (χ3v) is 2.57. The molecule has 0 N–H and O–H groups in total. The van der Waals surface area contributed by atoms with E-state index in [4.69, 9.17) is 4.74 Å². The minimum atomic E-state index is -4.47. The Hall–Kier alpha value is -0.330. The van der Waals surface area contributed by atoms with Crippen molar-refractivity contribution in [2.75, 3.05) is 6.61 Å². The van der Waals surface area contributed by atoms with Crippen molar-refractivity contribution in [2.45, 2.75) is 11.8 Å². The molecule has 16 heavy (non-hydrogen) atoms. The van der Waals surface area contributed by atoms with E-state index < -0.39 is 10.1 Å². The molecule has 6 heteroatoms. The summed E-state index contributed by atoms with van der Waals surface area (Å²) in [7, 11) is -4.47. The van der Waals surface area contributed by atoms with Gasteiger partial charge in [0.05, 0.1) is 4.90 Å². The molecule has 0 aromatic heterocycles. The summed E-state index contributed by atoms with van der Waals surface area (Å²) in [6.45, 7) is 2.06. The minimum absolute atomic E-state index is 0. The van der Waals surface area contributed by atoms with Crippen LogP contribution in [-0.4, -0.2) is 19.6 Å². The zero-order valence-electron chi connectivity index (χ0n) is 9.21. The Balaban J connectivity index is 0.00000225. The van der Waals surface area contributed by atoms with E-state index in [1.165, 1.54) is 18.2 Å². The minimum Gasteiger partial charge on any atom is -0.744 e. The molecule has 0 fully saturated rings. The normalized spacial score (nSPS) is 11.1. The molecule has 0 aliphatic rings. The van der Waals surface area contributed by atoms with Crippen LogP contribution >= 0.6 is 0 Å². The van der Waals surface area contributed by atoms with E-state index in [2.05, 4.69) is 0 Å². The standard InChI is InChI=1S/C10H12O4S.Na/c1-2-3-8-14-9-6-4-5-7-10(9)15(11,12)13;/h2-7H,8H2,1H3,(H,11,12,13);/q;+1/p-1. The van der Waals surface area contributed by atoms with Crippen LogP contribution in [0.4, 0.5) is 0 Å². The van der Waals surface area contributed by atoms with Gasteiger partial charge in [-0.05, 0) is 19.1 Å². The number of rotatable bonds is 4. The smallest absolute Gasteiger partial charge is 0.744 e. The summed E-state index contributed by atoms with van der Waals surface area (Å²) in [6.07, 6.45) is 3.49. The third kappa shape index (κ3) is 4.67. The van der Waals surface area contributed by atoms with Gasteiger partial charge in [0.15, 0.2) is 0 Å². The molecule has 82 valence electrons. The van der Waals surface area contributed by atoms with Crippen LogP contribution in [0.25, 0.3) is 0 Å². The first-order valence-corrected chi connectivity index (χ1v) is 5.75. The molecule has 0 saturated carbocycles. The van der Waals surface area contributed by atoms with E-state index >= 15 is 0 Å². The number of benzene rings is 1. The molecule has 1 aromatic rings. The van der Waals surface area contributed by atoms with Crippen LogP contribution in [0.15, 0.2) is 41.3 Å². The maximum Gasteiger partial charge on any atom is 1.00 e. The molecule has 0 bridgehead atoms. The average Bonchev–Trinajstić information content (AvgIpc) is 2.17. The van der Waals surface area contributed by atoms with Gasteiger partial charge in [0.2, 0.25) is 0 Å². The number of allylic oxidation sites excluding steroid dienone is 1. The molecule has 0 spiro atoms. The second-order valence-corrected chi connectivity index (χ2v) is 4.13. The Morgan fingerprint density at radius 2 is 2.00 bits per heavy atom. The Morgan fingerprint density at radius 3 is 2.56 bits per heavy atom. The molecule has 0 radical (unpaired) electrons. The first-order chi connectivity index (χ1) is 7.05. The zero-order chi connectivity index (χ0) is 11.3. The van der Waals surface area contributed by atoms with Gasteiger partial charge in [0, 0.05) is 0 Å². The van der Waals surface area contributed by atoms with Crippen LogP contribution in [0.1, 0.15) is 6.92 Å². The predicted octanol–water partition coefficient (Wildman–Crippen LogP) is -1.45. The summed E-state index contributed by atoms with van der Waals surface area (Å²) in [5.74, 6) is 0.0885. The van der Waals surface area contributed by atoms with Crippen LogP contribution in [0.5, 0.6) is 5.75 Å². The van der Waals surface area contributed by atoms with Crippen LogP contribution in [0, 0.1) is 0 Å². The second-order valence-electron chi connectivity index (χ2n) is 2.78. The van der Waals surface area contributed by atoms with Crippen LogP contribution < -0.4 is 34.3 Å². The molecule has 1 aromatic carbocycles. The average molecular weight is 250 g/mol. The Labute approximate surface area is 117 Å². The number of hydrogen-bond acceptors (Lipinski definition) is 4. The molecule has 0 unspecified atom stereocenters. The van der Waals surface area contributed by atoms with Crippen LogP contribution in [-0.2, 0) is 10.1 Å². The first-order valence-electron chi connectivity index (χ1n) is 4.34. The molecule has 0 amide bonds. The Morgan fingerprint density at radius 1 is 1.38 bits per heavy atom. The Bertz CT molecular complexity index is 454. The quantitative estimate of drug-likeness (QED) is 0.372. The SMILES string of the molecule is CC=CCOc1ccccc1S(=O)(=O)[O-].[Na+]. The molecule has 1 rings (SSSR count). The van der Waals surface area contributed by atoms with Gasteiger partial charge in [0.1, 0.15) is 22.5 Å². The number of ether oxygens (including phenoxy) is 1. The molecule has 0 heterocycles. The summed E-state index contributed by atoms with van der Waals surface area (Å²) in [4.78, 5) is -0.325. The van der Waals surface area contributed by atoms with Crippen molar-refractivity contribution in [3.63, 3.8) is 0 Å². The van der Waals surface area contributed by atoms with Crippen LogP contribution in [0.2, 0.25) is 0 Å². The zero-order valence-corrected chi connectivity index (χ0v) is 12.0. The van der Waals surface area contributed by atoms with E-state index in [0.717, 1.165) is 0 Å². The molecule has 0 aliphatic carbocycles. The fourth-order valence-corrected chi connectivity index (χ4v) is 1.63. The number of para-hydroxylation sites is 1. The first kappa shape index (κ1) is 15.7. The topological polar surface area (TPSA) is 66.4 Å². The molecular weight excluding hydrogens is 239 g/mol. The van der Waals surface area contributed by atoms with E-state index in [-0.39, 0.29) is 46.8 Å². The molecule has 0 saturated heterocycles. The fraction of sp³-hybridized carbons (Fsp3) is 0.200. The van der Waals surface area contributed by atoms with Gasteiger partial charge >= 0.3 is 29.6 Å². The van der Waals surface area contributed by atoms with Crippen molar-refractivity contribution in [2.24, 2.45) is 0 Å². The van der Waals surface area contributed by atoms with Gasteiger partial charge in [-0.3, -0.25) is 0 Å². The maximum absolute atomic E-state index is 10.8. The van der Waals surface area contributed by atoms with Crippen molar-refractivity contribution in [3.8, 4) is 5.75 Å². The summed E-state index contributed by atoms with van der Waals surface area (Å²) >= 11 is 0. The van der Waals surface area contributed by atoms with Gasteiger partial charge in [0.25, 0.3) is 0 Å². The van der Waals surface area contributed by atoms with Gasteiger partial charge in [-0.1, -0.05) is 24.3 Å². The molecule has 4 nitrogen and oxygen atoms in total. The van der Waals surface area contributed by atoms with Gasteiger partial charge in [-0.2, -0.15) is 0 Å². The summed E-state index contributed by atoms with van der Waals surface area (Å²) < 4.78 is 37.6. The van der Waals surface area contributed by atoms with Crippen molar-refractivity contribution in [1.29, 1.82) is 0 Å². The summed E-state index contributed by atoms with van der Waals surface area (Å²) in [6, 6.07) is 5.77. The van der Waals surface area contributed by atoms with Gasteiger partial charge in [-0.25, -0.2) is 8.42 Å². The fourth-order valence-electron chi connectivity index (χ4n) is 1.01. The third-order valence-electron chi connectivity index (χ3n) is 1.69. The van der Waals surface area contributed by atoms with Gasteiger partial charge < -0.3 is 9.29 Å². The number of hydrogen-bond donors (Lipinski definition) is 0. The van der Waals surface area contributed by atoms with Crippen LogP contribution in [0.3, 0.4) is 0 Å². The monoisotopic (exact) mass is 250 g/mol. The Kier molecular flexibility index (Phi) is 6.94. The molecular formula is C10H11NaO4S. The van der Waals surface area contributed by atoms with Crippen molar-refractivity contribution in [1.82, 2.24) is 0 Å². The maximum atomic E-state index is 10.8.